The van der Waals surface area contributed by atoms with Gasteiger partial charge in [-0.05, 0) is 30.7 Å². The van der Waals surface area contributed by atoms with Gasteiger partial charge >= 0.3 is 0 Å². The molecule has 0 fully saturated rings. The molecule has 0 aliphatic rings. The normalized spacial score (nSPS) is 11.3. The lowest BCUT2D eigenvalue weighted by molar-refractivity contribution is 0.617. The molecule has 4 aromatic rings. The van der Waals surface area contributed by atoms with Crippen molar-refractivity contribution in [3.05, 3.63) is 77.2 Å². The smallest absolute Gasteiger partial charge is 0.140 e. The molecule has 0 atom stereocenters. The fourth-order valence-corrected chi connectivity index (χ4v) is 3.29. The predicted molar refractivity (Wildman–Crippen MR) is 96.3 cm³/mol. The zero-order valence-corrected chi connectivity index (χ0v) is 14.4. The summed E-state index contributed by atoms with van der Waals surface area (Å²) in [4.78, 5) is 9.13. The summed E-state index contributed by atoms with van der Waals surface area (Å²) in [6, 6.07) is 10.7. The SMILES string of the molecule is CCc1c(Cn2ccnc2-c2cccc(Cl)c2)nc2ccc(F)cn12. The Kier molecular flexibility index (Phi) is 4.01. The first-order valence-electron chi connectivity index (χ1n) is 8.08. The van der Waals surface area contributed by atoms with Crippen molar-refractivity contribution < 1.29 is 4.39 Å². The van der Waals surface area contributed by atoms with Gasteiger partial charge in [0.2, 0.25) is 0 Å². The van der Waals surface area contributed by atoms with Crippen molar-refractivity contribution in [3.63, 3.8) is 0 Å². The predicted octanol–water partition coefficient (Wildman–Crippen LogP) is 4.60. The lowest BCUT2D eigenvalue weighted by atomic mass is 10.2. The second-order valence-corrected chi connectivity index (χ2v) is 6.26. The molecule has 4 rings (SSSR count). The maximum Gasteiger partial charge on any atom is 0.140 e. The molecule has 0 aliphatic carbocycles. The van der Waals surface area contributed by atoms with Crippen molar-refractivity contribution in [3.8, 4) is 11.4 Å². The van der Waals surface area contributed by atoms with E-state index >= 15 is 0 Å². The highest BCUT2D eigenvalue weighted by atomic mass is 35.5. The zero-order valence-electron chi connectivity index (χ0n) is 13.7. The molecule has 0 amide bonds. The average molecular weight is 355 g/mol. The van der Waals surface area contributed by atoms with E-state index in [1.165, 1.54) is 12.3 Å². The van der Waals surface area contributed by atoms with Gasteiger partial charge in [0.1, 0.15) is 17.3 Å². The Hall–Kier alpha value is -2.66. The molecule has 1 aromatic carbocycles. The van der Waals surface area contributed by atoms with Crippen LogP contribution in [-0.2, 0) is 13.0 Å². The Bertz CT molecular complexity index is 1050. The molecular formula is C19H16ClFN4. The third kappa shape index (κ3) is 2.91. The molecule has 126 valence electrons. The van der Waals surface area contributed by atoms with Gasteiger partial charge in [-0.15, -0.1) is 0 Å². The first-order valence-corrected chi connectivity index (χ1v) is 8.46. The molecule has 25 heavy (non-hydrogen) atoms. The van der Waals surface area contributed by atoms with Crippen LogP contribution in [-0.4, -0.2) is 18.9 Å². The summed E-state index contributed by atoms with van der Waals surface area (Å²) in [6.45, 7) is 2.61. The molecule has 0 bridgehead atoms. The van der Waals surface area contributed by atoms with Crippen LogP contribution in [0.3, 0.4) is 0 Å². The van der Waals surface area contributed by atoms with Crippen LogP contribution in [0.15, 0.2) is 55.0 Å². The summed E-state index contributed by atoms with van der Waals surface area (Å²) >= 11 is 6.10. The summed E-state index contributed by atoms with van der Waals surface area (Å²) in [6.07, 6.45) is 5.93. The van der Waals surface area contributed by atoms with Crippen molar-refractivity contribution in [2.45, 2.75) is 19.9 Å². The van der Waals surface area contributed by atoms with Crippen molar-refractivity contribution in [1.82, 2.24) is 18.9 Å². The molecule has 4 nitrogen and oxygen atoms in total. The van der Waals surface area contributed by atoms with E-state index in [0.717, 1.165) is 34.8 Å². The van der Waals surface area contributed by atoms with Crippen molar-refractivity contribution in [2.75, 3.05) is 0 Å². The highest BCUT2D eigenvalue weighted by Gasteiger charge is 2.14. The second kappa shape index (κ2) is 6.33. The van der Waals surface area contributed by atoms with E-state index in [1.54, 1.807) is 12.3 Å². The standard InChI is InChI=1S/C19H16ClFN4/c1-2-17-16(23-18-7-6-15(21)11-25(17)18)12-24-9-8-22-19(24)13-4-3-5-14(20)10-13/h3-11H,2,12H2,1H3. The number of nitrogens with zero attached hydrogens (tertiary/aromatic N) is 4. The number of hydrogen-bond acceptors (Lipinski definition) is 2. The van der Waals surface area contributed by atoms with E-state index in [4.69, 9.17) is 11.6 Å². The Balaban J connectivity index is 1.77. The number of halogens is 2. The summed E-state index contributed by atoms with van der Waals surface area (Å²) in [5.74, 6) is 0.557. The van der Waals surface area contributed by atoms with Gasteiger partial charge < -0.3 is 8.97 Å². The minimum absolute atomic E-state index is 0.270. The van der Waals surface area contributed by atoms with Crippen LogP contribution in [0.25, 0.3) is 17.0 Å². The first-order chi connectivity index (χ1) is 12.2. The third-order valence-electron chi connectivity index (χ3n) is 4.22. The van der Waals surface area contributed by atoms with Gasteiger partial charge in [-0.1, -0.05) is 30.7 Å². The molecule has 0 radical (unpaired) electrons. The van der Waals surface area contributed by atoms with Gasteiger partial charge in [-0.25, -0.2) is 14.4 Å². The molecule has 0 unspecified atom stereocenters. The van der Waals surface area contributed by atoms with Crippen LogP contribution in [0.5, 0.6) is 0 Å². The molecule has 0 saturated carbocycles. The number of pyridine rings is 1. The van der Waals surface area contributed by atoms with Crippen LogP contribution in [0.4, 0.5) is 4.39 Å². The van der Waals surface area contributed by atoms with E-state index < -0.39 is 0 Å². The lowest BCUT2D eigenvalue weighted by Crippen LogP contribution is -2.04. The average Bonchev–Trinajstić information content (AvgIpc) is 3.19. The quantitative estimate of drug-likeness (QED) is 0.537. The molecule has 0 N–H and O–H groups in total. The number of aryl methyl sites for hydroxylation is 1. The molecule has 3 aromatic heterocycles. The lowest BCUT2D eigenvalue weighted by Gasteiger charge is -2.08. The maximum absolute atomic E-state index is 13.6. The molecular weight excluding hydrogens is 339 g/mol. The molecule has 3 heterocycles. The summed E-state index contributed by atoms with van der Waals surface area (Å²) in [5, 5.41) is 0.671. The van der Waals surface area contributed by atoms with Crippen molar-refractivity contribution in [1.29, 1.82) is 0 Å². The first kappa shape index (κ1) is 15.8. The Morgan fingerprint density at radius 3 is 2.88 bits per heavy atom. The van der Waals surface area contributed by atoms with E-state index in [-0.39, 0.29) is 5.82 Å². The highest BCUT2D eigenvalue weighted by molar-refractivity contribution is 6.30. The maximum atomic E-state index is 13.6. The Morgan fingerprint density at radius 1 is 1.20 bits per heavy atom. The number of benzene rings is 1. The number of hydrogen-bond donors (Lipinski definition) is 0. The number of imidazole rings is 2. The van der Waals surface area contributed by atoms with Crippen LogP contribution in [0, 0.1) is 5.82 Å². The van der Waals surface area contributed by atoms with E-state index in [2.05, 4.69) is 9.97 Å². The number of rotatable bonds is 4. The third-order valence-corrected chi connectivity index (χ3v) is 4.45. The van der Waals surface area contributed by atoms with Gasteiger partial charge in [0.15, 0.2) is 0 Å². The van der Waals surface area contributed by atoms with Crippen LogP contribution >= 0.6 is 11.6 Å². The van der Waals surface area contributed by atoms with E-state index in [1.807, 2.05) is 46.4 Å². The number of aromatic nitrogens is 4. The topological polar surface area (TPSA) is 35.1 Å². The van der Waals surface area contributed by atoms with E-state index in [9.17, 15) is 4.39 Å². The molecule has 0 spiro atoms. The summed E-state index contributed by atoms with van der Waals surface area (Å²) in [5.41, 5.74) is 3.61. The van der Waals surface area contributed by atoms with Crippen LogP contribution < -0.4 is 0 Å². The monoisotopic (exact) mass is 354 g/mol. The number of fused-ring (bicyclic) bond motifs is 1. The van der Waals surface area contributed by atoms with Crippen molar-refractivity contribution in [2.24, 2.45) is 0 Å². The second-order valence-electron chi connectivity index (χ2n) is 5.82. The van der Waals surface area contributed by atoms with Gasteiger partial charge in [-0.2, -0.15) is 0 Å². The Morgan fingerprint density at radius 2 is 2.08 bits per heavy atom. The summed E-state index contributed by atoms with van der Waals surface area (Å²) < 4.78 is 17.4. The fraction of sp³-hybridized carbons (Fsp3) is 0.158. The van der Waals surface area contributed by atoms with Crippen molar-refractivity contribution >= 4 is 17.2 Å². The zero-order chi connectivity index (χ0) is 17.4. The molecule has 0 aliphatic heterocycles. The largest absolute Gasteiger partial charge is 0.325 e. The fourth-order valence-electron chi connectivity index (χ4n) is 3.10. The van der Waals surface area contributed by atoms with Crippen LogP contribution in [0.1, 0.15) is 18.3 Å². The van der Waals surface area contributed by atoms with Gasteiger partial charge in [0, 0.05) is 34.9 Å². The van der Waals surface area contributed by atoms with Gasteiger partial charge in [-0.3, -0.25) is 0 Å². The Labute approximate surface area is 149 Å². The molecule has 0 saturated heterocycles. The highest BCUT2D eigenvalue weighted by Crippen LogP contribution is 2.23. The minimum atomic E-state index is -0.270. The summed E-state index contributed by atoms with van der Waals surface area (Å²) in [7, 11) is 0. The molecule has 6 heteroatoms. The van der Waals surface area contributed by atoms with E-state index in [0.29, 0.717) is 11.6 Å². The minimum Gasteiger partial charge on any atom is -0.325 e. The van der Waals surface area contributed by atoms with Gasteiger partial charge in [0.25, 0.3) is 0 Å². The van der Waals surface area contributed by atoms with Crippen LogP contribution in [0.2, 0.25) is 5.02 Å². The van der Waals surface area contributed by atoms with Gasteiger partial charge in [0.05, 0.1) is 12.2 Å².